The second-order valence-corrected chi connectivity index (χ2v) is 6.07. The van der Waals surface area contributed by atoms with Gasteiger partial charge in [0.1, 0.15) is 12.4 Å². The number of hydrogen-bond donors (Lipinski definition) is 1. The van der Waals surface area contributed by atoms with Gasteiger partial charge in [-0.3, -0.25) is 4.98 Å². The summed E-state index contributed by atoms with van der Waals surface area (Å²) in [5.74, 6) is 0.959. The third kappa shape index (κ3) is 4.55. The van der Waals surface area contributed by atoms with E-state index in [1.54, 1.807) is 0 Å². The number of pyridine rings is 1. The molecule has 1 aromatic carbocycles. The highest BCUT2D eigenvalue weighted by Crippen LogP contribution is 2.28. The lowest BCUT2D eigenvalue weighted by molar-refractivity contribution is 0.299. The molecule has 0 fully saturated rings. The van der Waals surface area contributed by atoms with E-state index in [2.05, 4.69) is 58.3 Å². The minimum Gasteiger partial charge on any atom is -0.488 e. The first-order valence-electron chi connectivity index (χ1n) is 7.13. The highest BCUT2D eigenvalue weighted by Gasteiger charge is 2.09. The molecule has 0 saturated carbocycles. The van der Waals surface area contributed by atoms with Crippen LogP contribution in [0.2, 0.25) is 0 Å². The van der Waals surface area contributed by atoms with Crippen LogP contribution in [0.4, 0.5) is 0 Å². The number of aromatic nitrogens is 1. The summed E-state index contributed by atoms with van der Waals surface area (Å²) in [5.41, 5.74) is 4.55. The maximum atomic E-state index is 6.06. The first-order valence-corrected chi connectivity index (χ1v) is 7.92. The number of rotatable bonds is 6. The number of aryl methyl sites for hydroxylation is 2. The van der Waals surface area contributed by atoms with E-state index in [1.807, 2.05) is 19.3 Å². The lowest BCUT2D eigenvalue weighted by Crippen LogP contribution is -2.13. The Labute approximate surface area is 134 Å². The molecule has 0 unspecified atom stereocenters. The topological polar surface area (TPSA) is 34.1 Å². The number of halogens is 1. The molecule has 0 aliphatic rings. The molecule has 0 spiro atoms. The maximum absolute atomic E-state index is 6.06. The molecular formula is C17H21BrN2O. The third-order valence-electron chi connectivity index (χ3n) is 3.20. The maximum Gasteiger partial charge on any atom is 0.127 e. The van der Waals surface area contributed by atoms with Crippen LogP contribution in [-0.2, 0) is 13.2 Å². The average molecular weight is 349 g/mol. The van der Waals surface area contributed by atoms with Gasteiger partial charge in [-0.25, -0.2) is 0 Å². The van der Waals surface area contributed by atoms with Crippen LogP contribution in [0, 0.1) is 13.8 Å². The fourth-order valence-electron chi connectivity index (χ4n) is 2.25. The molecule has 1 heterocycles. The molecule has 112 valence electrons. The van der Waals surface area contributed by atoms with Gasteiger partial charge in [0.15, 0.2) is 0 Å². The Bertz CT molecular complexity index is 614. The normalized spacial score (nSPS) is 10.7. The molecule has 4 heteroatoms. The van der Waals surface area contributed by atoms with E-state index in [0.717, 1.165) is 40.0 Å². The van der Waals surface area contributed by atoms with Crippen molar-refractivity contribution in [3.63, 3.8) is 0 Å². The van der Waals surface area contributed by atoms with Gasteiger partial charge in [0.2, 0.25) is 0 Å². The van der Waals surface area contributed by atoms with Gasteiger partial charge < -0.3 is 10.1 Å². The molecule has 0 atom stereocenters. The number of nitrogens with zero attached hydrogens (tertiary/aromatic N) is 1. The summed E-state index contributed by atoms with van der Waals surface area (Å²) < 4.78 is 7.14. The summed E-state index contributed by atoms with van der Waals surface area (Å²) in [7, 11) is 0. The van der Waals surface area contributed by atoms with Crippen molar-refractivity contribution in [3.05, 3.63) is 57.3 Å². The summed E-state index contributed by atoms with van der Waals surface area (Å²) in [6.45, 7) is 8.49. The fourth-order valence-corrected chi connectivity index (χ4v) is 2.87. The molecule has 0 amide bonds. The van der Waals surface area contributed by atoms with Crippen molar-refractivity contribution in [2.24, 2.45) is 0 Å². The van der Waals surface area contributed by atoms with Gasteiger partial charge in [-0.15, -0.1) is 0 Å². The van der Waals surface area contributed by atoms with Gasteiger partial charge in [-0.05, 0) is 49.7 Å². The number of benzene rings is 1. The van der Waals surface area contributed by atoms with Crippen LogP contribution in [0.5, 0.6) is 5.75 Å². The minimum absolute atomic E-state index is 0.538. The van der Waals surface area contributed by atoms with Crippen LogP contribution in [0.3, 0.4) is 0 Å². The van der Waals surface area contributed by atoms with Crippen molar-refractivity contribution in [1.82, 2.24) is 10.3 Å². The van der Waals surface area contributed by atoms with E-state index in [0.29, 0.717) is 6.61 Å². The van der Waals surface area contributed by atoms with Gasteiger partial charge in [0.05, 0.1) is 0 Å². The highest BCUT2D eigenvalue weighted by atomic mass is 79.9. The molecule has 2 aromatic rings. The molecule has 0 saturated heterocycles. The number of ether oxygens (including phenoxy) is 1. The molecule has 0 bridgehead atoms. The zero-order chi connectivity index (χ0) is 15.2. The SMILES string of the molecule is CCNCc1cc(Br)cc(C)c1OCc1cncc(C)c1. The summed E-state index contributed by atoms with van der Waals surface area (Å²) in [5, 5.41) is 3.35. The molecule has 0 aliphatic carbocycles. The lowest BCUT2D eigenvalue weighted by atomic mass is 10.1. The zero-order valence-corrected chi connectivity index (χ0v) is 14.3. The van der Waals surface area contributed by atoms with E-state index in [4.69, 9.17) is 4.74 Å². The first kappa shape index (κ1) is 16.0. The van der Waals surface area contributed by atoms with Crippen molar-refractivity contribution in [1.29, 1.82) is 0 Å². The number of nitrogens with one attached hydrogen (secondary N) is 1. The monoisotopic (exact) mass is 348 g/mol. The highest BCUT2D eigenvalue weighted by molar-refractivity contribution is 9.10. The Morgan fingerprint density at radius 3 is 2.71 bits per heavy atom. The third-order valence-corrected chi connectivity index (χ3v) is 3.65. The average Bonchev–Trinajstić information content (AvgIpc) is 2.44. The molecule has 3 nitrogen and oxygen atoms in total. The largest absolute Gasteiger partial charge is 0.488 e. The van der Waals surface area contributed by atoms with Crippen molar-refractivity contribution >= 4 is 15.9 Å². The molecule has 1 N–H and O–H groups in total. The second-order valence-electron chi connectivity index (χ2n) is 5.15. The summed E-state index contributed by atoms with van der Waals surface area (Å²) >= 11 is 3.55. The quantitative estimate of drug-likeness (QED) is 0.851. The molecule has 0 radical (unpaired) electrons. The smallest absolute Gasteiger partial charge is 0.127 e. The van der Waals surface area contributed by atoms with Crippen molar-refractivity contribution in [2.45, 2.75) is 33.9 Å². The molecule has 2 rings (SSSR count). The van der Waals surface area contributed by atoms with Gasteiger partial charge in [-0.1, -0.05) is 22.9 Å². The van der Waals surface area contributed by atoms with Gasteiger partial charge >= 0.3 is 0 Å². The van der Waals surface area contributed by atoms with Crippen LogP contribution < -0.4 is 10.1 Å². The van der Waals surface area contributed by atoms with E-state index in [9.17, 15) is 0 Å². The van der Waals surface area contributed by atoms with E-state index in [-0.39, 0.29) is 0 Å². The number of hydrogen-bond acceptors (Lipinski definition) is 3. The van der Waals surface area contributed by atoms with Crippen LogP contribution in [0.1, 0.15) is 29.2 Å². The molecule has 1 aromatic heterocycles. The first-order chi connectivity index (χ1) is 10.1. The van der Waals surface area contributed by atoms with E-state index < -0.39 is 0 Å². The van der Waals surface area contributed by atoms with Gasteiger partial charge in [-0.2, -0.15) is 0 Å². The van der Waals surface area contributed by atoms with Crippen LogP contribution in [0.25, 0.3) is 0 Å². The zero-order valence-electron chi connectivity index (χ0n) is 12.7. The van der Waals surface area contributed by atoms with Crippen LogP contribution >= 0.6 is 15.9 Å². The van der Waals surface area contributed by atoms with E-state index in [1.165, 1.54) is 5.56 Å². The summed E-state index contributed by atoms with van der Waals surface area (Å²) in [4.78, 5) is 4.21. The Morgan fingerprint density at radius 2 is 2.00 bits per heavy atom. The molecule has 21 heavy (non-hydrogen) atoms. The predicted octanol–water partition coefficient (Wildman–Crippen LogP) is 4.15. The van der Waals surface area contributed by atoms with E-state index >= 15 is 0 Å². The second kappa shape index (κ2) is 7.57. The standard InChI is InChI=1S/C17H21BrN2O/c1-4-19-10-15-7-16(18)6-13(3)17(15)21-11-14-5-12(2)8-20-9-14/h5-9,19H,4,10-11H2,1-3H3. The Hall–Kier alpha value is -1.39. The molecule has 0 aliphatic heterocycles. The Kier molecular flexibility index (Phi) is 5.76. The van der Waals surface area contributed by atoms with Gasteiger partial charge in [0.25, 0.3) is 0 Å². The fraction of sp³-hybridized carbons (Fsp3) is 0.353. The minimum atomic E-state index is 0.538. The summed E-state index contributed by atoms with van der Waals surface area (Å²) in [6.07, 6.45) is 3.70. The van der Waals surface area contributed by atoms with Crippen LogP contribution in [-0.4, -0.2) is 11.5 Å². The Balaban J connectivity index is 2.18. The van der Waals surface area contributed by atoms with Crippen molar-refractivity contribution in [3.8, 4) is 5.75 Å². The van der Waals surface area contributed by atoms with Crippen LogP contribution in [0.15, 0.2) is 35.1 Å². The Morgan fingerprint density at radius 1 is 1.19 bits per heavy atom. The van der Waals surface area contributed by atoms with Gasteiger partial charge in [0, 0.05) is 34.5 Å². The van der Waals surface area contributed by atoms with Crippen molar-refractivity contribution in [2.75, 3.05) is 6.54 Å². The van der Waals surface area contributed by atoms with Crippen molar-refractivity contribution < 1.29 is 4.74 Å². The lowest BCUT2D eigenvalue weighted by Gasteiger charge is -2.15. The molecular weight excluding hydrogens is 328 g/mol. The summed E-state index contributed by atoms with van der Waals surface area (Å²) in [6, 6.07) is 6.30. The predicted molar refractivity (Wildman–Crippen MR) is 89.6 cm³/mol.